The Morgan fingerprint density at radius 2 is 1.79 bits per heavy atom. The van der Waals surface area contributed by atoms with Gasteiger partial charge < -0.3 is 39.1 Å². The zero-order chi connectivity index (χ0) is 45.1. The highest BCUT2D eigenvalue weighted by Gasteiger charge is 2.53. The molecule has 1 amide bonds. The van der Waals surface area contributed by atoms with Crippen LogP contribution in [0.25, 0.3) is 10.9 Å². The molecule has 1 aromatic heterocycles. The lowest BCUT2D eigenvalue weighted by Crippen LogP contribution is -2.57. The van der Waals surface area contributed by atoms with E-state index in [0.717, 1.165) is 62.0 Å². The molecule has 340 valence electrons. The number of amides is 1. The standard InChI is InChI=1S/C50H67ClN4O7Si/c1-49(2,3)63(6,7)62-44(37-16-18-42(56)46-38(37)17-19-45(57)53-46)31-52-30-35-28-41(51)39(29-43(35)60-5)47(58)54(4)24-12-14-33-13-11-15-36(27-33)61-48(59)50(22-9-8-10-23-50)40-32-55-25-20-34(40)21-26-55/h11,13,15-19,27-29,34,40,44,52,56H,8-10,12,14,20-26,30-32H2,1-7H3,(H,53,57)/t40-,44-/m1/s1. The Morgan fingerprint density at radius 3 is 2.48 bits per heavy atom. The molecule has 2 atom stereocenters. The number of halogens is 1. The van der Waals surface area contributed by atoms with Crippen molar-refractivity contribution in [1.29, 1.82) is 0 Å². The van der Waals surface area contributed by atoms with Gasteiger partial charge in [-0.1, -0.05) is 69.8 Å². The molecule has 3 saturated heterocycles. The summed E-state index contributed by atoms with van der Waals surface area (Å²) >= 11 is 6.84. The molecular formula is C50H67ClN4O7Si. The summed E-state index contributed by atoms with van der Waals surface area (Å²) in [6.45, 7) is 15.6. The van der Waals surface area contributed by atoms with Crippen molar-refractivity contribution in [2.24, 2.45) is 17.3 Å². The van der Waals surface area contributed by atoms with Crippen molar-refractivity contribution in [1.82, 2.24) is 20.1 Å². The molecule has 0 unspecified atom stereocenters. The van der Waals surface area contributed by atoms with E-state index in [2.05, 4.69) is 49.1 Å². The third-order valence-corrected chi connectivity index (χ3v) is 19.5. The first-order valence-corrected chi connectivity index (χ1v) is 26.2. The summed E-state index contributed by atoms with van der Waals surface area (Å²) in [6.07, 6.45) is 8.63. The quantitative estimate of drug-likeness (QED) is 0.0571. The molecule has 4 fully saturated rings. The van der Waals surface area contributed by atoms with E-state index in [9.17, 15) is 19.5 Å². The van der Waals surface area contributed by atoms with Gasteiger partial charge in [0.25, 0.3) is 5.91 Å². The van der Waals surface area contributed by atoms with E-state index < -0.39 is 19.8 Å². The van der Waals surface area contributed by atoms with Crippen LogP contribution in [0.2, 0.25) is 23.2 Å². The molecule has 8 rings (SSSR count). The van der Waals surface area contributed by atoms with Gasteiger partial charge in [0, 0.05) is 50.2 Å². The number of carbonyl (C=O) groups excluding carboxylic acids is 2. The van der Waals surface area contributed by atoms with Crippen LogP contribution in [0.4, 0.5) is 0 Å². The van der Waals surface area contributed by atoms with E-state index in [-0.39, 0.29) is 28.2 Å². The number of piperidine rings is 3. The van der Waals surface area contributed by atoms with Crippen molar-refractivity contribution in [3.63, 3.8) is 0 Å². The SMILES string of the molecule is COc1cc(C(=O)N(C)CCCc2cccc(OC(=O)C3([C@@H]4CN5CCC4CC5)CCCCC3)c2)c(Cl)cc1CNC[C@@H](O[Si](C)(C)C(C)(C)C)c1ccc(O)c2[nH]c(=O)ccc12. The Bertz CT molecular complexity index is 2330. The predicted molar refractivity (Wildman–Crippen MR) is 252 cm³/mol. The number of esters is 1. The third kappa shape index (κ3) is 10.4. The lowest BCUT2D eigenvalue weighted by molar-refractivity contribution is -0.159. The van der Waals surface area contributed by atoms with Gasteiger partial charge in [-0.15, -0.1) is 0 Å². The predicted octanol–water partition coefficient (Wildman–Crippen LogP) is 9.65. The Balaban J connectivity index is 0.972. The summed E-state index contributed by atoms with van der Waals surface area (Å²) < 4.78 is 19.0. The van der Waals surface area contributed by atoms with Gasteiger partial charge in [0.1, 0.15) is 17.2 Å². The van der Waals surface area contributed by atoms with Crippen LogP contribution in [0.1, 0.15) is 105 Å². The lowest BCUT2D eigenvalue weighted by atomic mass is 9.58. The van der Waals surface area contributed by atoms with Gasteiger partial charge in [-0.2, -0.15) is 0 Å². The highest BCUT2D eigenvalue weighted by Crippen LogP contribution is 2.51. The fraction of sp³-hybridized carbons (Fsp3) is 0.540. The molecule has 4 aliphatic rings. The fourth-order valence-corrected chi connectivity index (χ4v) is 11.6. The highest BCUT2D eigenvalue weighted by molar-refractivity contribution is 6.74. The van der Waals surface area contributed by atoms with Crippen molar-refractivity contribution in [2.75, 3.05) is 46.9 Å². The first kappa shape index (κ1) is 46.8. The number of aromatic nitrogens is 1. The summed E-state index contributed by atoms with van der Waals surface area (Å²) in [7, 11) is 1.07. The number of phenols is 1. The minimum absolute atomic E-state index is 0.00355. The van der Waals surface area contributed by atoms with Crippen LogP contribution in [0.5, 0.6) is 17.2 Å². The zero-order valence-electron chi connectivity index (χ0n) is 38.3. The number of aromatic amines is 1. The number of H-pyrrole nitrogens is 1. The molecule has 4 aromatic rings. The number of rotatable bonds is 16. The number of fused-ring (bicyclic) bond motifs is 4. The van der Waals surface area contributed by atoms with E-state index >= 15 is 0 Å². The molecule has 3 aromatic carbocycles. The van der Waals surface area contributed by atoms with Crippen molar-refractivity contribution in [3.8, 4) is 17.2 Å². The first-order chi connectivity index (χ1) is 30.0. The third-order valence-electron chi connectivity index (χ3n) is 14.7. The number of pyridine rings is 1. The van der Waals surface area contributed by atoms with E-state index in [0.29, 0.717) is 77.3 Å². The molecule has 63 heavy (non-hydrogen) atoms. The number of benzene rings is 3. The van der Waals surface area contributed by atoms with Crippen LogP contribution in [0, 0.1) is 17.3 Å². The minimum atomic E-state index is -2.29. The maximum absolute atomic E-state index is 14.1. The second-order valence-corrected chi connectivity index (χ2v) is 24.9. The molecule has 1 aliphatic carbocycles. The molecule has 2 bridgehead atoms. The van der Waals surface area contributed by atoms with Gasteiger partial charge in [-0.05, 0) is 129 Å². The van der Waals surface area contributed by atoms with Crippen LogP contribution in [-0.4, -0.2) is 87.0 Å². The molecular weight excluding hydrogens is 832 g/mol. The molecule has 0 radical (unpaired) electrons. The fourth-order valence-electron chi connectivity index (χ4n) is 10.0. The van der Waals surface area contributed by atoms with Gasteiger partial charge in [-0.25, -0.2) is 0 Å². The van der Waals surface area contributed by atoms with Gasteiger partial charge >= 0.3 is 5.97 Å². The smallest absolute Gasteiger partial charge is 0.317 e. The second kappa shape index (κ2) is 19.5. The van der Waals surface area contributed by atoms with E-state index in [1.54, 1.807) is 43.3 Å². The number of phenolic OH excluding ortho intramolecular Hbond substituents is 1. The Labute approximate surface area is 379 Å². The van der Waals surface area contributed by atoms with Gasteiger partial charge in [-0.3, -0.25) is 14.4 Å². The van der Waals surface area contributed by atoms with Gasteiger partial charge in [0.15, 0.2) is 8.32 Å². The second-order valence-electron chi connectivity index (χ2n) is 19.8. The van der Waals surface area contributed by atoms with E-state index in [1.807, 2.05) is 30.3 Å². The molecule has 0 spiro atoms. The summed E-state index contributed by atoms with van der Waals surface area (Å²) in [5.41, 5.74) is 2.74. The normalized spacial score (nSPS) is 20.3. The minimum Gasteiger partial charge on any atom is -0.506 e. The Hall–Kier alpha value is -4.20. The lowest BCUT2D eigenvalue weighted by Gasteiger charge is -2.53. The van der Waals surface area contributed by atoms with E-state index in [4.69, 9.17) is 25.5 Å². The number of methoxy groups -OCH3 is 1. The molecule has 11 nitrogen and oxygen atoms in total. The Morgan fingerprint density at radius 1 is 1.05 bits per heavy atom. The van der Waals surface area contributed by atoms with Crippen LogP contribution < -0.4 is 20.3 Å². The highest BCUT2D eigenvalue weighted by atomic mass is 35.5. The maximum Gasteiger partial charge on any atom is 0.317 e. The molecule has 1 saturated carbocycles. The Kier molecular flexibility index (Phi) is 14.5. The molecule has 3 N–H and O–H groups in total. The monoisotopic (exact) mass is 898 g/mol. The number of ether oxygens (including phenoxy) is 2. The number of aromatic hydroxyl groups is 1. The van der Waals surface area contributed by atoms with Gasteiger partial charge in [0.05, 0.1) is 34.7 Å². The summed E-state index contributed by atoms with van der Waals surface area (Å²) in [5, 5.41) is 15.1. The number of nitrogens with zero attached hydrogens (tertiary/aromatic N) is 2. The average Bonchev–Trinajstić information content (AvgIpc) is 3.26. The van der Waals surface area contributed by atoms with Crippen LogP contribution in [0.15, 0.2) is 65.5 Å². The van der Waals surface area contributed by atoms with Crippen LogP contribution in [0.3, 0.4) is 0 Å². The number of carbonyl (C=O) groups is 2. The van der Waals surface area contributed by atoms with E-state index in [1.165, 1.54) is 25.3 Å². The first-order valence-electron chi connectivity index (χ1n) is 22.9. The van der Waals surface area contributed by atoms with Crippen LogP contribution >= 0.6 is 11.6 Å². The average molecular weight is 900 g/mol. The largest absolute Gasteiger partial charge is 0.506 e. The molecule has 3 aliphatic heterocycles. The van der Waals surface area contributed by atoms with Crippen molar-refractivity contribution in [2.45, 2.75) is 109 Å². The zero-order valence-corrected chi connectivity index (χ0v) is 40.0. The van der Waals surface area contributed by atoms with Crippen molar-refractivity contribution < 1.29 is 28.6 Å². The summed E-state index contributed by atoms with van der Waals surface area (Å²) in [6, 6.07) is 18.0. The number of nitrogens with one attached hydrogen (secondary N) is 2. The maximum atomic E-state index is 14.1. The molecule has 4 heterocycles. The van der Waals surface area contributed by atoms with Crippen molar-refractivity contribution in [3.05, 3.63) is 98.3 Å². The van der Waals surface area contributed by atoms with Crippen LogP contribution in [-0.2, 0) is 22.2 Å². The number of hydrogen-bond acceptors (Lipinski definition) is 9. The van der Waals surface area contributed by atoms with Crippen molar-refractivity contribution >= 4 is 42.7 Å². The van der Waals surface area contributed by atoms with Gasteiger partial charge in [0.2, 0.25) is 5.56 Å². The summed E-state index contributed by atoms with van der Waals surface area (Å²) in [4.78, 5) is 47.1. The number of aryl methyl sites for hydroxylation is 1. The number of hydrogen-bond donors (Lipinski definition) is 3. The topological polar surface area (TPSA) is 133 Å². The summed E-state index contributed by atoms with van der Waals surface area (Å²) in [5.74, 6) is 1.89. The molecule has 13 heteroatoms.